The molecule has 3 rings (SSSR count). The Kier molecular flexibility index (Phi) is 4.97. The first kappa shape index (κ1) is 18.7. The summed E-state index contributed by atoms with van der Waals surface area (Å²) < 4.78 is 16.6. The van der Waals surface area contributed by atoms with Gasteiger partial charge in [-0.1, -0.05) is 32.4 Å². The Bertz CT molecular complexity index is 818. The number of aryl methyl sites for hydroxylation is 1. The van der Waals surface area contributed by atoms with Crippen LogP contribution in [0.3, 0.4) is 0 Å². The molecule has 0 saturated carbocycles. The van der Waals surface area contributed by atoms with Crippen LogP contribution >= 0.6 is 11.6 Å². The van der Waals surface area contributed by atoms with Gasteiger partial charge in [-0.15, -0.1) is 0 Å². The number of rotatable bonds is 3. The minimum absolute atomic E-state index is 0.146. The Balaban J connectivity index is 1.78. The van der Waals surface area contributed by atoms with E-state index in [0.717, 1.165) is 17.9 Å². The van der Waals surface area contributed by atoms with Crippen molar-refractivity contribution in [2.24, 2.45) is 5.41 Å². The molecule has 1 aromatic carbocycles. The highest BCUT2D eigenvalue weighted by Gasteiger charge is 2.22. The SMILES string of the molecule is Cc1cc(N2CCn3nc(Cl)cc3C2)cc(F)c1NC(=O)CC(C)(C)C. The van der Waals surface area contributed by atoms with Gasteiger partial charge in [0.05, 0.1) is 24.5 Å². The molecule has 0 saturated heterocycles. The van der Waals surface area contributed by atoms with Crippen molar-refractivity contribution in [3.05, 3.63) is 40.4 Å². The van der Waals surface area contributed by atoms with Gasteiger partial charge in [0.15, 0.2) is 5.15 Å². The molecule has 0 spiro atoms. The summed E-state index contributed by atoms with van der Waals surface area (Å²) in [5.74, 6) is -0.594. The second kappa shape index (κ2) is 6.91. The number of anilines is 2. The number of fused-ring (bicyclic) bond motifs is 1. The quantitative estimate of drug-likeness (QED) is 0.862. The van der Waals surface area contributed by atoms with Crippen molar-refractivity contribution in [1.82, 2.24) is 9.78 Å². The lowest BCUT2D eigenvalue weighted by Gasteiger charge is -2.30. The summed E-state index contributed by atoms with van der Waals surface area (Å²) in [7, 11) is 0. The summed E-state index contributed by atoms with van der Waals surface area (Å²) in [6.07, 6.45) is 0.338. The van der Waals surface area contributed by atoms with E-state index in [9.17, 15) is 9.18 Å². The molecular weight excluding hydrogens is 355 g/mol. The Morgan fingerprint density at radius 3 is 2.69 bits per heavy atom. The molecular formula is C19H24ClFN4O. The van der Waals surface area contributed by atoms with E-state index in [-0.39, 0.29) is 17.0 Å². The van der Waals surface area contributed by atoms with Crippen molar-refractivity contribution < 1.29 is 9.18 Å². The fraction of sp³-hybridized carbons (Fsp3) is 0.474. The van der Waals surface area contributed by atoms with Crippen LogP contribution in [0.25, 0.3) is 0 Å². The first-order chi connectivity index (χ1) is 12.1. The number of nitrogens with zero attached hydrogens (tertiary/aromatic N) is 3. The van der Waals surface area contributed by atoms with E-state index >= 15 is 0 Å². The number of hydrogen-bond acceptors (Lipinski definition) is 3. The lowest BCUT2D eigenvalue weighted by Crippen LogP contribution is -2.34. The van der Waals surface area contributed by atoms with Gasteiger partial charge in [-0.05, 0) is 30.0 Å². The van der Waals surface area contributed by atoms with Crippen molar-refractivity contribution in [2.75, 3.05) is 16.8 Å². The third-order valence-electron chi connectivity index (χ3n) is 4.36. The standard InChI is InChI=1S/C19H24ClFN4O/c1-12-7-13(24-5-6-25-14(11-24)9-16(20)23-25)8-15(21)18(12)22-17(26)10-19(2,3)4/h7-9H,5-6,10-11H2,1-4H3,(H,22,26). The number of aromatic nitrogens is 2. The normalized spacial score (nSPS) is 14.3. The maximum absolute atomic E-state index is 14.7. The van der Waals surface area contributed by atoms with E-state index in [1.54, 1.807) is 0 Å². The van der Waals surface area contributed by atoms with Gasteiger partial charge in [0.25, 0.3) is 0 Å². The summed E-state index contributed by atoms with van der Waals surface area (Å²) in [6, 6.07) is 5.22. The third kappa shape index (κ3) is 4.18. The maximum Gasteiger partial charge on any atom is 0.224 e. The summed E-state index contributed by atoms with van der Waals surface area (Å²) in [4.78, 5) is 14.2. The molecule has 0 aliphatic carbocycles. The number of nitrogens with one attached hydrogen (secondary N) is 1. The monoisotopic (exact) mass is 378 g/mol. The smallest absolute Gasteiger partial charge is 0.224 e. The van der Waals surface area contributed by atoms with Gasteiger partial charge in [0.2, 0.25) is 5.91 Å². The van der Waals surface area contributed by atoms with Crippen molar-refractivity contribution in [1.29, 1.82) is 0 Å². The number of halogens is 2. The predicted octanol–water partition coefficient (Wildman–Crippen LogP) is 4.38. The summed E-state index contributed by atoms with van der Waals surface area (Å²) >= 11 is 5.96. The van der Waals surface area contributed by atoms with Crippen LogP contribution < -0.4 is 10.2 Å². The second-order valence-corrected chi connectivity index (χ2v) is 8.40. The highest BCUT2D eigenvalue weighted by molar-refractivity contribution is 6.29. The van der Waals surface area contributed by atoms with Crippen LogP contribution in [0.2, 0.25) is 5.15 Å². The third-order valence-corrected chi connectivity index (χ3v) is 4.55. The highest BCUT2D eigenvalue weighted by atomic mass is 35.5. The highest BCUT2D eigenvalue weighted by Crippen LogP contribution is 2.30. The van der Waals surface area contributed by atoms with Crippen LogP contribution in [0, 0.1) is 18.2 Å². The predicted molar refractivity (Wildman–Crippen MR) is 102 cm³/mol. The van der Waals surface area contributed by atoms with Crippen molar-refractivity contribution >= 4 is 28.9 Å². The Hall–Kier alpha value is -2.08. The number of hydrogen-bond donors (Lipinski definition) is 1. The molecule has 7 heteroatoms. The largest absolute Gasteiger partial charge is 0.364 e. The van der Waals surface area contributed by atoms with Crippen LogP contribution in [-0.4, -0.2) is 22.2 Å². The molecule has 1 N–H and O–H groups in total. The van der Waals surface area contributed by atoms with Crippen LogP contribution in [0.5, 0.6) is 0 Å². The fourth-order valence-electron chi connectivity index (χ4n) is 3.18. The van der Waals surface area contributed by atoms with Gasteiger partial charge in [-0.3, -0.25) is 9.48 Å². The van der Waals surface area contributed by atoms with E-state index in [4.69, 9.17) is 11.6 Å². The molecule has 2 heterocycles. The number of amides is 1. The molecule has 5 nitrogen and oxygen atoms in total. The van der Waals surface area contributed by atoms with Crippen molar-refractivity contribution in [2.45, 2.75) is 47.2 Å². The summed E-state index contributed by atoms with van der Waals surface area (Å²) in [5.41, 5.74) is 2.61. The lowest BCUT2D eigenvalue weighted by atomic mass is 9.92. The summed E-state index contributed by atoms with van der Waals surface area (Å²) in [5, 5.41) is 7.42. The van der Waals surface area contributed by atoms with E-state index in [1.165, 1.54) is 6.07 Å². The van der Waals surface area contributed by atoms with Crippen LogP contribution in [0.1, 0.15) is 38.4 Å². The van der Waals surface area contributed by atoms with Crippen LogP contribution in [0.15, 0.2) is 18.2 Å². The zero-order valence-corrected chi connectivity index (χ0v) is 16.3. The Morgan fingerprint density at radius 1 is 1.31 bits per heavy atom. The summed E-state index contributed by atoms with van der Waals surface area (Å²) in [6.45, 7) is 9.79. The van der Waals surface area contributed by atoms with Gasteiger partial charge in [-0.2, -0.15) is 5.10 Å². The zero-order chi connectivity index (χ0) is 19.1. The maximum atomic E-state index is 14.7. The number of benzene rings is 1. The number of carbonyl (C=O) groups is 1. The van der Waals surface area contributed by atoms with E-state index < -0.39 is 5.82 Å². The molecule has 0 unspecified atom stereocenters. The molecule has 0 bridgehead atoms. The van der Waals surface area contributed by atoms with Gasteiger partial charge in [0.1, 0.15) is 5.82 Å². The molecule has 26 heavy (non-hydrogen) atoms. The fourth-order valence-corrected chi connectivity index (χ4v) is 3.40. The van der Waals surface area contributed by atoms with Crippen LogP contribution in [0.4, 0.5) is 15.8 Å². The second-order valence-electron chi connectivity index (χ2n) is 8.01. The average molecular weight is 379 g/mol. The average Bonchev–Trinajstić information content (AvgIpc) is 2.88. The lowest BCUT2D eigenvalue weighted by molar-refractivity contribution is -0.117. The molecule has 2 aromatic rings. The Labute approximate surface area is 158 Å². The van der Waals surface area contributed by atoms with E-state index in [1.807, 2.05) is 44.5 Å². The topological polar surface area (TPSA) is 50.2 Å². The van der Waals surface area contributed by atoms with E-state index in [2.05, 4.69) is 15.3 Å². The Morgan fingerprint density at radius 2 is 2.04 bits per heavy atom. The molecule has 0 fully saturated rings. The minimum Gasteiger partial charge on any atom is -0.364 e. The molecule has 1 aliphatic rings. The number of carbonyl (C=O) groups excluding carboxylic acids is 1. The molecule has 140 valence electrons. The first-order valence-corrected chi connectivity index (χ1v) is 9.07. The minimum atomic E-state index is -0.417. The molecule has 1 aromatic heterocycles. The van der Waals surface area contributed by atoms with Gasteiger partial charge < -0.3 is 10.2 Å². The van der Waals surface area contributed by atoms with Crippen molar-refractivity contribution in [3.63, 3.8) is 0 Å². The van der Waals surface area contributed by atoms with Gasteiger partial charge >= 0.3 is 0 Å². The molecule has 0 atom stereocenters. The van der Waals surface area contributed by atoms with Gasteiger partial charge in [0, 0.05) is 24.7 Å². The van der Waals surface area contributed by atoms with Crippen molar-refractivity contribution in [3.8, 4) is 0 Å². The van der Waals surface area contributed by atoms with E-state index in [0.29, 0.717) is 30.2 Å². The zero-order valence-electron chi connectivity index (χ0n) is 15.6. The van der Waals surface area contributed by atoms with Crippen LogP contribution in [-0.2, 0) is 17.9 Å². The van der Waals surface area contributed by atoms with Gasteiger partial charge in [-0.25, -0.2) is 4.39 Å². The molecule has 1 amide bonds. The molecule has 1 aliphatic heterocycles. The molecule has 0 radical (unpaired) electrons. The first-order valence-electron chi connectivity index (χ1n) is 8.69.